The summed E-state index contributed by atoms with van der Waals surface area (Å²) in [5.74, 6) is 0.204. The Morgan fingerprint density at radius 1 is 1.56 bits per heavy atom. The van der Waals surface area contributed by atoms with E-state index in [2.05, 4.69) is 10.6 Å². The summed E-state index contributed by atoms with van der Waals surface area (Å²) in [7, 11) is 3.75. The Balaban J connectivity index is 0.000000187. The van der Waals surface area contributed by atoms with Gasteiger partial charge in [-0.15, -0.1) is 0 Å². The van der Waals surface area contributed by atoms with E-state index in [4.69, 9.17) is 0 Å². The molecule has 0 aromatic heterocycles. The largest absolute Gasteiger partial charge is 0.356 e. The summed E-state index contributed by atoms with van der Waals surface area (Å²) in [6, 6.07) is 0. The van der Waals surface area contributed by atoms with Crippen molar-refractivity contribution in [2.45, 2.75) is 12.8 Å². The average Bonchev–Trinajstić information content (AvgIpc) is 2.20. The summed E-state index contributed by atoms with van der Waals surface area (Å²) in [6.45, 7) is 0.888. The Bertz CT molecular complexity index is 75.1. The fourth-order valence-electron chi connectivity index (χ4n) is 0.565. The molecule has 0 bridgehead atoms. The zero-order valence-corrected chi connectivity index (χ0v) is 6.03. The summed E-state index contributed by atoms with van der Waals surface area (Å²) in [5.41, 5.74) is 0. The summed E-state index contributed by atoms with van der Waals surface area (Å²) in [4.78, 5) is 10.1. The van der Waals surface area contributed by atoms with Crippen molar-refractivity contribution in [3.8, 4) is 0 Å². The molecular formula is C6H14N2O. The van der Waals surface area contributed by atoms with Crippen molar-refractivity contribution in [1.82, 2.24) is 10.6 Å². The topological polar surface area (TPSA) is 41.1 Å². The number of hydrogen-bond acceptors (Lipinski definition) is 2. The van der Waals surface area contributed by atoms with E-state index in [1.54, 1.807) is 0 Å². The van der Waals surface area contributed by atoms with E-state index in [0.717, 1.165) is 19.4 Å². The third-order valence-corrected chi connectivity index (χ3v) is 0.903. The van der Waals surface area contributed by atoms with Gasteiger partial charge in [-0.2, -0.15) is 0 Å². The first-order valence-corrected chi connectivity index (χ1v) is 3.16. The second-order valence-electron chi connectivity index (χ2n) is 1.95. The summed E-state index contributed by atoms with van der Waals surface area (Å²) in [5, 5.41) is 5.43. The molecule has 1 aliphatic heterocycles. The highest BCUT2D eigenvalue weighted by Crippen LogP contribution is 1.93. The van der Waals surface area contributed by atoms with Crippen LogP contribution < -0.4 is 10.6 Å². The van der Waals surface area contributed by atoms with E-state index in [9.17, 15) is 4.79 Å². The monoisotopic (exact) mass is 130 g/mol. The van der Waals surface area contributed by atoms with Crippen LogP contribution in [0.2, 0.25) is 0 Å². The van der Waals surface area contributed by atoms with Crippen molar-refractivity contribution in [3.05, 3.63) is 0 Å². The normalized spacial score (nSPS) is 16.0. The van der Waals surface area contributed by atoms with Crippen LogP contribution in [-0.2, 0) is 4.79 Å². The van der Waals surface area contributed by atoms with Crippen LogP contribution in [0.15, 0.2) is 0 Å². The van der Waals surface area contributed by atoms with Gasteiger partial charge >= 0.3 is 0 Å². The molecule has 0 unspecified atom stereocenters. The van der Waals surface area contributed by atoms with Crippen LogP contribution in [0.25, 0.3) is 0 Å². The molecule has 1 fully saturated rings. The number of carbonyl (C=O) groups is 1. The molecule has 0 aromatic carbocycles. The van der Waals surface area contributed by atoms with Crippen LogP contribution in [0.4, 0.5) is 0 Å². The molecule has 9 heavy (non-hydrogen) atoms. The molecular weight excluding hydrogens is 116 g/mol. The van der Waals surface area contributed by atoms with Gasteiger partial charge in [0.1, 0.15) is 0 Å². The predicted octanol–water partition coefficient (Wildman–Crippen LogP) is -0.268. The Kier molecular flexibility index (Phi) is 5.21. The Labute approximate surface area is 55.8 Å². The Morgan fingerprint density at radius 3 is 2.22 bits per heavy atom. The van der Waals surface area contributed by atoms with Crippen LogP contribution in [0, 0.1) is 0 Å². The molecule has 0 atom stereocenters. The van der Waals surface area contributed by atoms with E-state index in [1.165, 1.54) is 0 Å². The summed E-state index contributed by atoms with van der Waals surface area (Å²) in [6.07, 6.45) is 1.76. The number of hydrogen-bond donors (Lipinski definition) is 2. The molecule has 1 saturated heterocycles. The van der Waals surface area contributed by atoms with Gasteiger partial charge in [0.2, 0.25) is 5.91 Å². The molecule has 2 N–H and O–H groups in total. The number of nitrogens with one attached hydrogen (secondary N) is 2. The first-order valence-electron chi connectivity index (χ1n) is 3.16. The minimum absolute atomic E-state index is 0.204. The van der Waals surface area contributed by atoms with E-state index < -0.39 is 0 Å². The molecule has 54 valence electrons. The van der Waals surface area contributed by atoms with Gasteiger partial charge in [0.15, 0.2) is 0 Å². The van der Waals surface area contributed by atoms with Crippen molar-refractivity contribution in [3.63, 3.8) is 0 Å². The van der Waals surface area contributed by atoms with Gasteiger partial charge in [-0.25, -0.2) is 0 Å². The zero-order chi connectivity index (χ0) is 7.11. The maximum Gasteiger partial charge on any atom is 0.220 e. The van der Waals surface area contributed by atoms with Gasteiger partial charge in [0, 0.05) is 13.0 Å². The minimum atomic E-state index is 0.204. The quantitative estimate of drug-likeness (QED) is 0.474. The molecule has 1 heterocycles. The lowest BCUT2D eigenvalue weighted by Gasteiger charge is -1.80. The maximum atomic E-state index is 10.1. The lowest BCUT2D eigenvalue weighted by molar-refractivity contribution is -0.119. The molecule has 1 aliphatic rings. The van der Waals surface area contributed by atoms with Crippen LogP contribution in [0.5, 0.6) is 0 Å². The SMILES string of the molecule is CNC.O=C1CCCN1. The van der Waals surface area contributed by atoms with Crippen LogP contribution in [0.1, 0.15) is 12.8 Å². The van der Waals surface area contributed by atoms with Crippen molar-refractivity contribution in [2.75, 3.05) is 20.6 Å². The van der Waals surface area contributed by atoms with Crippen LogP contribution in [-0.4, -0.2) is 26.5 Å². The Hall–Kier alpha value is -0.570. The fraction of sp³-hybridized carbons (Fsp3) is 0.833. The second kappa shape index (κ2) is 5.56. The first-order chi connectivity index (χ1) is 4.31. The van der Waals surface area contributed by atoms with E-state index >= 15 is 0 Å². The first kappa shape index (κ1) is 8.43. The fourth-order valence-corrected chi connectivity index (χ4v) is 0.565. The highest BCUT2D eigenvalue weighted by atomic mass is 16.1. The van der Waals surface area contributed by atoms with Gasteiger partial charge in [0.05, 0.1) is 0 Å². The second-order valence-corrected chi connectivity index (χ2v) is 1.95. The van der Waals surface area contributed by atoms with E-state index in [-0.39, 0.29) is 5.91 Å². The smallest absolute Gasteiger partial charge is 0.220 e. The van der Waals surface area contributed by atoms with Crippen LogP contribution in [0.3, 0.4) is 0 Å². The van der Waals surface area contributed by atoms with Crippen molar-refractivity contribution < 1.29 is 4.79 Å². The number of carbonyl (C=O) groups excluding carboxylic acids is 1. The third-order valence-electron chi connectivity index (χ3n) is 0.903. The molecule has 1 amide bonds. The lowest BCUT2D eigenvalue weighted by atomic mass is 10.4. The lowest BCUT2D eigenvalue weighted by Crippen LogP contribution is -2.12. The molecule has 0 spiro atoms. The van der Waals surface area contributed by atoms with Gasteiger partial charge in [0.25, 0.3) is 0 Å². The minimum Gasteiger partial charge on any atom is -0.356 e. The van der Waals surface area contributed by atoms with Gasteiger partial charge in [-0.1, -0.05) is 0 Å². The van der Waals surface area contributed by atoms with Gasteiger partial charge < -0.3 is 10.6 Å². The standard InChI is InChI=1S/C4H7NO.C2H7N/c6-4-2-1-3-5-4;1-3-2/h1-3H2,(H,5,6);3H,1-2H3. The zero-order valence-electron chi connectivity index (χ0n) is 6.03. The van der Waals surface area contributed by atoms with Crippen molar-refractivity contribution >= 4 is 5.91 Å². The number of amides is 1. The molecule has 0 aliphatic carbocycles. The molecule has 0 saturated carbocycles. The summed E-state index contributed by atoms with van der Waals surface area (Å²) < 4.78 is 0. The van der Waals surface area contributed by atoms with E-state index in [0.29, 0.717) is 0 Å². The van der Waals surface area contributed by atoms with Gasteiger partial charge in [-0.05, 0) is 20.5 Å². The molecule has 0 aromatic rings. The van der Waals surface area contributed by atoms with E-state index in [1.807, 2.05) is 14.1 Å². The molecule has 0 radical (unpaired) electrons. The van der Waals surface area contributed by atoms with Gasteiger partial charge in [-0.3, -0.25) is 4.79 Å². The molecule has 1 rings (SSSR count). The van der Waals surface area contributed by atoms with Crippen molar-refractivity contribution in [1.29, 1.82) is 0 Å². The number of rotatable bonds is 0. The summed E-state index contributed by atoms with van der Waals surface area (Å²) >= 11 is 0. The van der Waals surface area contributed by atoms with Crippen LogP contribution >= 0.6 is 0 Å². The molecule has 3 heteroatoms. The Morgan fingerprint density at radius 2 is 2.11 bits per heavy atom. The molecule has 3 nitrogen and oxygen atoms in total. The average molecular weight is 130 g/mol. The third kappa shape index (κ3) is 5.30. The predicted molar refractivity (Wildman–Crippen MR) is 37.2 cm³/mol. The maximum absolute atomic E-state index is 10.1. The highest BCUT2D eigenvalue weighted by Gasteiger charge is 2.05. The van der Waals surface area contributed by atoms with Crippen molar-refractivity contribution in [2.24, 2.45) is 0 Å². The highest BCUT2D eigenvalue weighted by molar-refractivity contribution is 5.77.